The van der Waals surface area contributed by atoms with Crippen LogP contribution in [0.2, 0.25) is 0 Å². The minimum atomic E-state index is -0.793. The number of aliphatic carboxylic acids is 1. The second-order valence-corrected chi connectivity index (χ2v) is 6.25. The van der Waals surface area contributed by atoms with Gasteiger partial charge in [0.25, 0.3) is 0 Å². The standard InChI is InChI=1S/C17H19NO3S/c19-17(20)16(14-6-9-22-12-14)18-7-8-21-15(11-18)10-13-4-2-1-3-5-13/h1-6,9,12,15-16H,7-8,10-11H2,(H,19,20). The number of benzene rings is 1. The van der Waals surface area contributed by atoms with Crippen LogP contribution in [0.3, 0.4) is 0 Å². The summed E-state index contributed by atoms with van der Waals surface area (Å²) in [5.74, 6) is -0.793. The first kappa shape index (κ1) is 15.2. The van der Waals surface area contributed by atoms with Gasteiger partial charge in [0.2, 0.25) is 0 Å². The quantitative estimate of drug-likeness (QED) is 0.921. The molecule has 1 fully saturated rings. The van der Waals surface area contributed by atoms with Crippen molar-refractivity contribution in [3.63, 3.8) is 0 Å². The van der Waals surface area contributed by atoms with Crippen LogP contribution in [0, 0.1) is 0 Å². The van der Waals surface area contributed by atoms with Crippen molar-refractivity contribution in [2.45, 2.75) is 18.6 Å². The van der Waals surface area contributed by atoms with Gasteiger partial charge in [-0.2, -0.15) is 11.3 Å². The average Bonchev–Trinajstić information content (AvgIpc) is 3.02. The van der Waals surface area contributed by atoms with Gasteiger partial charge in [-0.3, -0.25) is 9.69 Å². The summed E-state index contributed by atoms with van der Waals surface area (Å²) in [6.07, 6.45) is 0.851. The molecule has 2 aromatic rings. The topological polar surface area (TPSA) is 49.8 Å². The number of ether oxygens (including phenoxy) is 1. The summed E-state index contributed by atoms with van der Waals surface area (Å²) in [7, 11) is 0. The summed E-state index contributed by atoms with van der Waals surface area (Å²) >= 11 is 1.53. The van der Waals surface area contributed by atoms with Crippen LogP contribution in [0.25, 0.3) is 0 Å². The van der Waals surface area contributed by atoms with E-state index in [-0.39, 0.29) is 6.10 Å². The van der Waals surface area contributed by atoms with Gasteiger partial charge in [-0.1, -0.05) is 30.3 Å². The minimum absolute atomic E-state index is 0.0386. The molecule has 2 heterocycles. The lowest BCUT2D eigenvalue weighted by Gasteiger charge is -2.36. The van der Waals surface area contributed by atoms with Crippen molar-refractivity contribution in [1.82, 2.24) is 4.90 Å². The number of carboxylic acid groups (broad SMARTS) is 1. The van der Waals surface area contributed by atoms with E-state index in [1.54, 1.807) is 0 Å². The third-order valence-electron chi connectivity index (χ3n) is 3.93. The second kappa shape index (κ2) is 7.05. The summed E-state index contributed by atoms with van der Waals surface area (Å²) < 4.78 is 5.83. The van der Waals surface area contributed by atoms with Crippen LogP contribution in [-0.4, -0.2) is 41.8 Å². The van der Waals surface area contributed by atoms with Gasteiger partial charge in [0.1, 0.15) is 6.04 Å². The maximum absolute atomic E-state index is 11.7. The van der Waals surface area contributed by atoms with Crippen molar-refractivity contribution in [1.29, 1.82) is 0 Å². The van der Waals surface area contributed by atoms with Gasteiger partial charge in [-0.05, 0) is 34.4 Å². The molecule has 0 amide bonds. The molecule has 116 valence electrons. The lowest BCUT2D eigenvalue weighted by molar-refractivity contribution is -0.147. The van der Waals surface area contributed by atoms with Crippen LogP contribution in [0.1, 0.15) is 17.2 Å². The average molecular weight is 317 g/mol. The number of nitrogens with zero attached hydrogens (tertiary/aromatic N) is 1. The molecule has 5 heteroatoms. The molecule has 2 atom stereocenters. The van der Waals surface area contributed by atoms with E-state index < -0.39 is 12.0 Å². The fourth-order valence-electron chi connectivity index (χ4n) is 2.92. The molecule has 0 bridgehead atoms. The Morgan fingerprint density at radius 3 is 2.86 bits per heavy atom. The van der Waals surface area contributed by atoms with Crippen LogP contribution in [0.15, 0.2) is 47.2 Å². The molecule has 1 aromatic heterocycles. The van der Waals surface area contributed by atoms with Crippen LogP contribution >= 0.6 is 11.3 Å². The first-order valence-electron chi connectivity index (χ1n) is 7.38. The molecule has 2 unspecified atom stereocenters. The summed E-state index contributed by atoms with van der Waals surface area (Å²) in [6, 6.07) is 11.5. The first-order valence-corrected chi connectivity index (χ1v) is 8.33. The normalized spacial score (nSPS) is 20.6. The summed E-state index contributed by atoms with van der Waals surface area (Å²) in [4.78, 5) is 13.7. The molecule has 1 aromatic carbocycles. The highest BCUT2D eigenvalue weighted by atomic mass is 32.1. The number of morpholine rings is 1. The van der Waals surface area contributed by atoms with E-state index in [1.165, 1.54) is 16.9 Å². The highest BCUT2D eigenvalue weighted by Crippen LogP contribution is 2.26. The number of carbonyl (C=O) groups is 1. The third-order valence-corrected chi connectivity index (χ3v) is 4.64. The van der Waals surface area contributed by atoms with Gasteiger partial charge in [0.15, 0.2) is 0 Å². The van der Waals surface area contributed by atoms with Crippen molar-refractivity contribution in [3.05, 3.63) is 58.3 Å². The smallest absolute Gasteiger partial charge is 0.325 e. The maximum atomic E-state index is 11.7. The van der Waals surface area contributed by atoms with Gasteiger partial charge in [-0.15, -0.1) is 0 Å². The molecule has 1 aliphatic heterocycles. The zero-order chi connectivity index (χ0) is 15.4. The monoisotopic (exact) mass is 317 g/mol. The van der Waals surface area contributed by atoms with Crippen LogP contribution < -0.4 is 0 Å². The highest BCUT2D eigenvalue weighted by Gasteiger charge is 2.32. The molecule has 0 saturated carbocycles. The Labute approximate surface area is 134 Å². The molecular formula is C17H19NO3S. The lowest BCUT2D eigenvalue weighted by atomic mass is 10.0. The number of carboxylic acids is 1. The molecule has 1 N–H and O–H groups in total. The van der Waals surface area contributed by atoms with Crippen LogP contribution in [0.4, 0.5) is 0 Å². The second-order valence-electron chi connectivity index (χ2n) is 5.47. The van der Waals surface area contributed by atoms with E-state index in [0.29, 0.717) is 19.7 Å². The highest BCUT2D eigenvalue weighted by molar-refractivity contribution is 7.08. The zero-order valence-electron chi connectivity index (χ0n) is 12.2. The van der Waals surface area contributed by atoms with E-state index in [1.807, 2.05) is 39.9 Å². The lowest BCUT2D eigenvalue weighted by Crippen LogP contribution is -2.47. The fraction of sp³-hybridized carbons (Fsp3) is 0.353. The van der Waals surface area contributed by atoms with Gasteiger partial charge >= 0.3 is 5.97 Å². The van der Waals surface area contributed by atoms with Gasteiger partial charge < -0.3 is 9.84 Å². The Morgan fingerprint density at radius 2 is 2.18 bits per heavy atom. The summed E-state index contributed by atoms with van der Waals surface area (Å²) in [6.45, 7) is 1.87. The van der Waals surface area contributed by atoms with Crippen molar-refractivity contribution in [3.8, 4) is 0 Å². The van der Waals surface area contributed by atoms with E-state index in [4.69, 9.17) is 4.74 Å². The molecular weight excluding hydrogens is 298 g/mol. The summed E-state index contributed by atoms with van der Waals surface area (Å²) in [5, 5.41) is 13.4. The van der Waals surface area contributed by atoms with E-state index in [0.717, 1.165) is 12.0 Å². The molecule has 0 aliphatic carbocycles. The number of hydrogen-bond donors (Lipinski definition) is 1. The molecule has 22 heavy (non-hydrogen) atoms. The van der Waals surface area contributed by atoms with Crippen molar-refractivity contribution >= 4 is 17.3 Å². The Morgan fingerprint density at radius 1 is 1.36 bits per heavy atom. The van der Waals surface area contributed by atoms with Crippen molar-refractivity contribution in [2.75, 3.05) is 19.7 Å². The molecule has 4 nitrogen and oxygen atoms in total. The van der Waals surface area contributed by atoms with Gasteiger partial charge in [0, 0.05) is 13.1 Å². The molecule has 3 rings (SSSR count). The Hall–Kier alpha value is -1.69. The predicted octanol–water partition coefficient (Wildman–Crippen LogP) is 2.82. The summed E-state index contributed by atoms with van der Waals surface area (Å²) in [5.41, 5.74) is 2.08. The number of hydrogen-bond acceptors (Lipinski definition) is 4. The number of rotatable bonds is 5. The maximum Gasteiger partial charge on any atom is 0.325 e. The van der Waals surface area contributed by atoms with Crippen LogP contribution in [0.5, 0.6) is 0 Å². The predicted molar refractivity (Wildman–Crippen MR) is 86.2 cm³/mol. The fourth-order valence-corrected chi connectivity index (χ4v) is 3.60. The van der Waals surface area contributed by atoms with Crippen molar-refractivity contribution in [2.24, 2.45) is 0 Å². The van der Waals surface area contributed by atoms with Gasteiger partial charge in [-0.25, -0.2) is 0 Å². The Bertz CT molecular complexity index is 600. The largest absolute Gasteiger partial charge is 0.480 e. The van der Waals surface area contributed by atoms with E-state index >= 15 is 0 Å². The molecule has 0 spiro atoms. The van der Waals surface area contributed by atoms with E-state index in [2.05, 4.69) is 12.1 Å². The number of thiophene rings is 1. The SMILES string of the molecule is O=C(O)C(c1ccsc1)N1CCOC(Cc2ccccc2)C1. The minimum Gasteiger partial charge on any atom is -0.480 e. The Balaban J connectivity index is 1.70. The zero-order valence-corrected chi connectivity index (χ0v) is 13.0. The molecule has 1 saturated heterocycles. The Kier molecular flexibility index (Phi) is 4.87. The molecule has 0 radical (unpaired) electrons. The van der Waals surface area contributed by atoms with E-state index in [9.17, 15) is 9.90 Å². The van der Waals surface area contributed by atoms with Crippen molar-refractivity contribution < 1.29 is 14.6 Å². The van der Waals surface area contributed by atoms with Crippen LogP contribution in [-0.2, 0) is 16.0 Å². The molecule has 1 aliphatic rings. The third kappa shape index (κ3) is 3.55. The van der Waals surface area contributed by atoms with Gasteiger partial charge in [0.05, 0.1) is 12.7 Å². The first-order chi connectivity index (χ1) is 10.7.